The van der Waals surface area contributed by atoms with Crippen molar-refractivity contribution in [3.8, 4) is 0 Å². The predicted octanol–water partition coefficient (Wildman–Crippen LogP) is 3.25. The van der Waals surface area contributed by atoms with Gasteiger partial charge in [0.1, 0.15) is 0 Å². The van der Waals surface area contributed by atoms with Crippen LogP contribution in [0.4, 0.5) is 0 Å². The number of ether oxygens (including phenoxy) is 1. The standard InChI is InChI=1S/C17H27NO/c1-5-18-16(17(19-4)15-6-7-15)11-14-9-12(2)8-13(3)10-14/h8-10,15-18H,5-7,11H2,1-4H3. The van der Waals surface area contributed by atoms with Crippen molar-refractivity contribution in [1.82, 2.24) is 5.32 Å². The molecule has 2 rings (SSSR count). The van der Waals surface area contributed by atoms with E-state index in [1.54, 1.807) is 0 Å². The van der Waals surface area contributed by atoms with Gasteiger partial charge >= 0.3 is 0 Å². The molecule has 2 unspecified atom stereocenters. The quantitative estimate of drug-likeness (QED) is 0.813. The molecule has 19 heavy (non-hydrogen) atoms. The minimum absolute atomic E-state index is 0.362. The zero-order valence-electron chi connectivity index (χ0n) is 12.7. The topological polar surface area (TPSA) is 21.3 Å². The van der Waals surface area contributed by atoms with Gasteiger partial charge in [-0.05, 0) is 51.1 Å². The highest BCUT2D eigenvalue weighted by Gasteiger charge is 2.36. The van der Waals surface area contributed by atoms with Crippen LogP contribution < -0.4 is 5.32 Å². The Morgan fingerprint density at radius 3 is 2.32 bits per heavy atom. The van der Waals surface area contributed by atoms with Crippen molar-refractivity contribution in [1.29, 1.82) is 0 Å². The summed E-state index contributed by atoms with van der Waals surface area (Å²) in [5.41, 5.74) is 4.13. The number of benzene rings is 1. The highest BCUT2D eigenvalue weighted by molar-refractivity contribution is 5.29. The molecule has 1 saturated carbocycles. The Bertz CT molecular complexity index is 391. The Labute approximate surface area is 117 Å². The second kappa shape index (κ2) is 6.53. The first-order chi connectivity index (χ1) is 9.13. The first kappa shape index (κ1) is 14.5. The number of nitrogens with one attached hydrogen (secondary N) is 1. The lowest BCUT2D eigenvalue weighted by molar-refractivity contribution is 0.0516. The number of hydrogen-bond acceptors (Lipinski definition) is 2. The fraction of sp³-hybridized carbons (Fsp3) is 0.647. The zero-order valence-corrected chi connectivity index (χ0v) is 12.7. The summed E-state index contributed by atoms with van der Waals surface area (Å²) in [4.78, 5) is 0. The van der Waals surface area contributed by atoms with Crippen LogP contribution in [0, 0.1) is 19.8 Å². The van der Waals surface area contributed by atoms with Crippen molar-refractivity contribution in [2.24, 2.45) is 5.92 Å². The Hall–Kier alpha value is -0.860. The van der Waals surface area contributed by atoms with Crippen molar-refractivity contribution in [3.05, 3.63) is 34.9 Å². The summed E-state index contributed by atoms with van der Waals surface area (Å²) in [5.74, 6) is 0.764. The molecule has 0 aromatic heterocycles. The average Bonchev–Trinajstić information content (AvgIpc) is 3.13. The third kappa shape index (κ3) is 4.05. The highest BCUT2D eigenvalue weighted by Crippen LogP contribution is 2.36. The van der Waals surface area contributed by atoms with Crippen LogP contribution in [0.5, 0.6) is 0 Å². The van der Waals surface area contributed by atoms with E-state index in [0.717, 1.165) is 18.9 Å². The Morgan fingerprint density at radius 2 is 1.84 bits per heavy atom. The van der Waals surface area contributed by atoms with Crippen LogP contribution >= 0.6 is 0 Å². The van der Waals surface area contributed by atoms with E-state index in [0.29, 0.717) is 12.1 Å². The highest BCUT2D eigenvalue weighted by atomic mass is 16.5. The SMILES string of the molecule is CCNC(Cc1cc(C)cc(C)c1)C(OC)C1CC1. The number of hydrogen-bond donors (Lipinski definition) is 1. The third-order valence-electron chi connectivity index (χ3n) is 3.96. The van der Waals surface area contributed by atoms with Crippen molar-refractivity contribution in [2.75, 3.05) is 13.7 Å². The normalized spacial score (nSPS) is 18.3. The Balaban J connectivity index is 2.10. The van der Waals surface area contributed by atoms with Crippen molar-refractivity contribution < 1.29 is 4.74 Å². The van der Waals surface area contributed by atoms with Crippen LogP contribution in [0.2, 0.25) is 0 Å². The van der Waals surface area contributed by atoms with E-state index in [2.05, 4.69) is 44.3 Å². The molecule has 106 valence electrons. The lowest BCUT2D eigenvalue weighted by Crippen LogP contribution is -2.43. The maximum Gasteiger partial charge on any atom is 0.0755 e. The first-order valence-electron chi connectivity index (χ1n) is 7.47. The summed E-state index contributed by atoms with van der Waals surface area (Å²) in [5, 5.41) is 3.62. The van der Waals surface area contributed by atoms with Gasteiger partial charge in [-0.25, -0.2) is 0 Å². The fourth-order valence-corrected chi connectivity index (χ4v) is 3.12. The number of rotatable bonds is 7. The molecule has 0 radical (unpaired) electrons. The van der Waals surface area contributed by atoms with E-state index in [-0.39, 0.29) is 0 Å². The van der Waals surface area contributed by atoms with Gasteiger partial charge < -0.3 is 10.1 Å². The first-order valence-corrected chi connectivity index (χ1v) is 7.47. The number of aryl methyl sites for hydroxylation is 2. The molecule has 0 spiro atoms. The third-order valence-corrected chi connectivity index (χ3v) is 3.96. The molecule has 1 aliphatic carbocycles. The van der Waals surface area contributed by atoms with Gasteiger partial charge in [0, 0.05) is 13.2 Å². The minimum atomic E-state index is 0.362. The van der Waals surface area contributed by atoms with E-state index in [4.69, 9.17) is 4.74 Å². The van der Waals surface area contributed by atoms with Gasteiger partial charge in [0.2, 0.25) is 0 Å². The van der Waals surface area contributed by atoms with Gasteiger partial charge in [0.05, 0.1) is 6.10 Å². The van der Waals surface area contributed by atoms with Crippen molar-refractivity contribution in [2.45, 2.75) is 52.2 Å². The fourth-order valence-electron chi connectivity index (χ4n) is 3.12. The van der Waals surface area contributed by atoms with Crippen molar-refractivity contribution in [3.63, 3.8) is 0 Å². The van der Waals surface area contributed by atoms with Gasteiger partial charge in [-0.15, -0.1) is 0 Å². The van der Waals surface area contributed by atoms with Crippen LogP contribution in [0.1, 0.15) is 36.5 Å². The molecule has 1 fully saturated rings. The summed E-state index contributed by atoms with van der Waals surface area (Å²) in [6.07, 6.45) is 4.08. The number of likely N-dealkylation sites (N-methyl/N-ethyl adjacent to an activating group) is 1. The second-order valence-corrected chi connectivity index (χ2v) is 5.90. The lowest BCUT2D eigenvalue weighted by Gasteiger charge is -2.27. The molecule has 2 atom stereocenters. The average molecular weight is 261 g/mol. The van der Waals surface area contributed by atoms with Gasteiger partial charge in [-0.3, -0.25) is 0 Å². The Morgan fingerprint density at radius 1 is 1.21 bits per heavy atom. The molecule has 0 heterocycles. The van der Waals surface area contributed by atoms with Crippen LogP contribution in [-0.4, -0.2) is 25.8 Å². The monoisotopic (exact) mass is 261 g/mol. The van der Waals surface area contributed by atoms with Gasteiger partial charge in [-0.1, -0.05) is 36.2 Å². The molecule has 1 aliphatic rings. The number of methoxy groups -OCH3 is 1. The van der Waals surface area contributed by atoms with E-state index >= 15 is 0 Å². The molecule has 1 N–H and O–H groups in total. The van der Waals surface area contributed by atoms with E-state index in [9.17, 15) is 0 Å². The molecule has 1 aromatic rings. The van der Waals surface area contributed by atoms with E-state index in [1.807, 2.05) is 7.11 Å². The van der Waals surface area contributed by atoms with Crippen LogP contribution in [0.3, 0.4) is 0 Å². The van der Waals surface area contributed by atoms with Gasteiger partial charge in [-0.2, -0.15) is 0 Å². The summed E-state index contributed by atoms with van der Waals surface area (Å²) in [6, 6.07) is 7.28. The zero-order chi connectivity index (χ0) is 13.8. The largest absolute Gasteiger partial charge is 0.380 e. The molecule has 2 heteroatoms. The summed E-state index contributed by atoms with van der Waals surface area (Å²) >= 11 is 0. The summed E-state index contributed by atoms with van der Waals surface area (Å²) in [6.45, 7) is 7.52. The lowest BCUT2D eigenvalue weighted by atomic mass is 9.96. The van der Waals surface area contributed by atoms with Gasteiger partial charge in [0.25, 0.3) is 0 Å². The van der Waals surface area contributed by atoms with E-state index in [1.165, 1.54) is 29.5 Å². The molecule has 0 aliphatic heterocycles. The molecule has 0 amide bonds. The molecule has 0 saturated heterocycles. The van der Waals surface area contributed by atoms with Crippen LogP contribution in [0.15, 0.2) is 18.2 Å². The van der Waals surface area contributed by atoms with Crippen LogP contribution in [0.25, 0.3) is 0 Å². The second-order valence-electron chi connectivity index (χ2n) is 5.90. The molecular weight excluding hydrogens is 234 g/mol. The smallest absolute Gasteiger partial charge is 0.0755 e. The molecule has 0 bridgehead atoms. The van der Waals surface area contributed by atoms with Crippen molar-refractivity contribution >= 4 is 0 Å². The molecule has 1 aromatic carbocycles. The summed E-state index contributed by atoms with van der Waals surface area (Å²) in [7, 11) is 1.86. The van der Waals surface area contributed by atoms with Crippen LogP contribution in [-0.2, 0) is 11.2 Å². The Kier molecular flexibility index (Phi) is 5.00. The maximum atomic E-state index is 5.76. The summed E-state index contributed by atoms with van der Waals surface area (Å²) < 4.78 is 5.76. The molecule has 2 nitrogen and oxygen atoms in total. The molecular formula is C17H27NO. The predicted molar refractivity (Wildman–Crippen MR) is 80.6 cm³/mol. The van der Waals surface area contributed by atoms with Gasteiger partial charge in [0.15, 0.2) is 0 Å². The minimum Gasteiger partial charge on any atom is -0.380 e. The van der Waals surface area contributed by atoms with E-state index < -0.39 is 0 Å². The maximum absolute atomic E-state index is 5.76.